The van der Waals surface area contributed by atoms with Crippen molar-refractivity contribution in [3.05, 3.63) is 38.9 Å². The van der Waals surface area contributed by atoms with Gasteiger partial charge in [0.05, 0.1) is 30.8 Å². The van der Waals surface area contributed by atoms with Crippen molar-refractivity contribution in [2.75, 3.05) is 18.5 Å². The summed E-state index contributed by atoms with van der Waals surface area (Å²) in [7, 11) is 0. The maximum Gasteiger partial charge on any atom is 0.165 e. The number of anilines is 1. The van der Waals surface area contributed by atoms with E-state index in [2.05, 4.69) is 54.6 Å². The first-order chi connectivity index (χ1) is 12.6. The van der Waals surface area contributed by atoms with Crippen LogP contribution in [-0.4, -0.2) is 34.3 Å². The molecule has 0 bridgehead atoms. The number of nitrogens with one attached hydrogen (secondary N) is 1. The summed E-state index contributed by atoms with van der Waals surface area (Å²) in [4.78, 5) is 14.7. The molecule has 4 rings (SSSR count). The predicted molar refractivity (Wildman–Crippen MR) is 106 cm³/mol. The van der Waals surface area contributed by atoms with Crippen LogP contribution in [0.1, 0.15) is 30.1 Å². The summed E-state index contributed by atoms with van der Waals surface area (Å²) in [5, 5.41) is 6.43. The fourth-order valence-corrected chi connectivity index (χ4v) is 4.36. The first-order valence-electron chi connectivity index (χ1n) is 8.48. The molecular formula is C18H19BrN4O2S. The lowest BCUT2D eigenvalue weighted by molar-refractivity contribution is 0.141. The lowest BCUT2D eigenvalue weighted by atomic mass is 10.2. The van der Waals surface area contributed by atoms with Crippen molar-refractivity contribution in [1.29, 1.82) is 0 Å². The zero-order valence-electron chi connectivity index (χ0n) is 14.5. The predicted octanol–water partition coefficient (Wildman–Crippen LogP) is 4.50. The van der Waals surface area contributed by atoms with Gasteiger partial charge in [0.2, 0.25) is 0 Å². The molecule has 0 amide bonds. The Balaban J connectivity index is 1.65. The number of pyridine rings is 1. The van der Waals surface area contributed by atoms with E-state index in [1.165, 1.54) is 4.88 Å². The summed E-state index contributed by atoms with van der Waals surface area (Å²) in [6.07, 6.45) is 2.70. The van der Waals surface area contributed by atoms with Crippen LogP contribution in [-0.2, 0) is 4.74 Å². The summed E-state index contributed by atoms with van der Waals surface area (Å²) in [6, 6.07) is 4.20. The first-order valence-corrected chi connectivity index (χ1v) is 10.1. The van der Waals surface area contributed by atoms with E-state index in [9.17, 15) is 0 Å². The molecular weight excluding hydrogens is 416 g/mol. The normalized spacial score (nSPS) is 18.2. The van der Waals surface area contributed by atoms with Gasteiger partial charge in [-0.25, -0.2) is 15.0 Å². The summed E-state index contributed by atoms with van der Waals surface area (Å²) >= 11 is 5.21. The van der Waals surface area contributed by atoms with E-state index in [4.69, 9.17) is 9.47 Å². The molecule has 6 nitrogen and oxygen atoms in total. The van der Waals surface area contributed by atoms with E-state index in [1.54, 1.807) is 17.5 Å². The monoisotopic (exact) mass is 434 g/mol. The highest BCUT2D eigenvalue weighted by Gasteiger charge is 2.19. The van der Waals surface area contributed by atoms with Gasteiger partial charge in [-0.2, -0.15) is 0 Å². The largest absolute Gasteiger partial charge is 0.486 e. The molecule has 0 saturated carbocycles. The Bertz CT molecular complexity index is 927. The van der Waals surface area contributed by atoms with E-state index >= 15 is 0 Å². The van der Waals surface area contributed by atoms with Gasteiger partial charge in [0.1, 0.15) is 23.5 Å². The molecule has 1 aliphatic rings. The number of halogens is 1. The van der Waals surface area contributed by atoms with Gasteiger partial charge in [-0.1, -0.05) is 0 Å². The molecule has 1 N–H and O–H groups in total. The van der Waals surface area contributed by atoms with Gasteiger partial charge < -0.3 is 14.8 Å². The number of hydrogen-bond donors (Lipinski definition) is 1. The van der Waals surface area contributed by atoms with Crippen LogP contribution >= 0.6 is 27.3 Å². The third kappa shape index (κ3) is 3.82. The Labute approximate surface area is 164 Å². The summed E-state index contributed by atoms with van der Waals surface area (Å²) in [5.74, 6) is 2.17. The number of thiophene rings is 1. The van der Waals surface area contributed by atoms with E-state index in [0.29, 0.717) is 18.1 Å². The Kier molecular flexibility index (Phi) is 5.06. The van der Waals surface area contributed by atoms with Crippen molar-refractivity contribution in [3.63, 3.8) is 0 Å². The highest BCUT2D eigenvalue weighted by atomic mass is 79.9. The number of rotatable bonds is 5. The van der Waals surface area contributed by atoms with Gasteiger partial charge in [-0.3, -0.25) is 0 Å². The molecule has 0 aliphatic carbocycles. The number of aryl methyl sites for hydroxylation is 1. The molecule has 8 heteroatoms. The number of ether oxygens (including phenoxy) is 2. The maximum absolute atomic E-state index is 5.99. The topological polar surface area (TPSA) is 69.2 Å². The quantitative estimate of drug-likeness (QED) is 0.637. The van der Waals surface area contributed by atoms with Crippen molar-refractivity contribution in [1.82, 2.24) is 15.0 Å². The Morgan fingerprint density at radius 1 is 1.38 bits per heavy atom. The highest BCUT2D eigenvalue weighted by molar-refractivity contribution is 9.10. The van der Waals surface area contributed by atoms with Crippen molar-refractivity contribution < 1.29 is 9.47 Å². The minimum Gasteiger partial charge on any atom is -0.486 e. The van der Waals surface area contributed by atoms with Gasteiger partial charge in [0.25, 0.3) is 0 Å². The third-order valence-electron chi connectivity index (χ3n) is 4.20. The van der Waals surface area contributed by atoms with Crippen LogP contribution in [0.15, 0.2) is 28.2 Å². The average Bonchev–Trinajstić information content (AvgIpc) is 3.27. The van der Waals surface area contributed by atoms with Crippen molar-refractivity contribution in [2.24, 2.45) is 0 Å². The average molecular weight is 435 g/mol. The fourth-order valence-electron chi connectivity index (χ4n) is 2.91. The molecule has 0 unspecified atom stereocenters. The zero-order chi connectivity index (χ0) is 18.1. The van der Waals surface area contributed by atoms with Crippen LogP contribution < -0.4 is 10.1 Å². The molecule has 4 heterocycles. The van der Waals surface area contributed by atoms with Gasteiger partial charge in [0.15, 0.2) is 5.65 Å². The first kappa shape index (κ1) is 17.6. The van der Waals surface area contributed by atoms with Crippen LogP contribution in [0, 0.1) is 6.92 Å². The lowest BCUT2D eigenvalue weighted by Crippen LogP contribution is -2.16. The van der Waals surface area contributed by atoms with Crippen molar-refractivity contribution in [2.45, 2.75) is 32.4 Å². The van der Waals surface area contributed by atoms with Gasteiger partial charge in [0, 0.05) is 21.2 Å². The van der Waals surface area contributed by atoms with E-state index in [1.807, 2.05) is 13.0 Å². The Morgan fingerprint density at radius 2 is 2.27 bits per heavy atom. The molecule has 26 heavy (non-hydrogen) atoms. The minimum absolute atomic E-state index is 0.0828. The van der Waals surface area contributed by atoms with E-state index < -0.39 is 0 Å². The molecule has 0 spiro atoms. The standard InChI is InChI=1S/C18H19BrN4O2S/c1-10(16-5-12(19)9-26-16)21-18-15-6-14(25-13-3-4-24-8-13)7-20-17(15)22-11(2)23-18/h5-7,9-10,13H,3-4,8H2,1-2H3,(H,20,21,22,23)/t10-,13+/m1/s1. The second kappa shape index (κ2) is 7.46. The fraction of sp³-hybridized carbons (Fsp3) is 0.389. The molecule has 0 aromatic carbocycles. The van der Waals surface area contributed by atoms with Gasteiger partial charge >= 0.3 is 0 Å². The molecule has 1 saturated heterocycles. The van der Waals surface area contributed by atoms with E-state index in [0.717, 1.165) is 34.5 Å². The molecule has 2 atom stereocenters. The Morgan fingerprint density at radius 3 is 3.00 bits per heavy atom. The van der Waals surface area contributed by atoms with Crippen LogP contribution in [0.3, 0.4) is 0 Å². The molecule has 0 radical (unpaired) electrons. The summed E-state index contributed by atoms with van der Waals surface area (Å²) < 4.78 is 12.5. The molecule has 1 aliphatic heterocycles. The molecule has 136 valence electrons. The molecule has 3 aromatic heterocycles. The third-order valence-corrected chi connectivity index (χ3v) is 6.07. The molecule has 1 fully saturated rings. The van der Waals surface area contributed by atoms with Gasteiger partial charge in [-0.05, 0) is 41.9 Å². The van der Waals surface area contributed by atoms with Crippen LogP contribution in [0.2, 0.25) is 0 Å². The van der Waals surface area contributed by atoms with E-state index in [-0.39, 0.29) is 12.1 Å². The lowest BCUT2D eigenvalue weighted by Gasteiger charge is -2.16. The second-order valence-electron chi connectivity index (χ2n) is 6.30. The summed E-state index contributed by atoms with van der Waals surface area (Å²) in [5.41, 5.74) is 0.662. The Hall–Kier alpha value is -1.77. The van der Waals surface area contributed by atoms with Crippen LogP contribution in [0.5, 0.6) is 5.75 Å². The van der Waals surface area contributed by atoms with Crippen molar-refractivity contribution >= 4 is 44.1 Å². The number of hydrogen-bond acceptors (Lipinski definition) is 7. The summed E-state index contributed by atoms with van der Waals surface area (Å²) in [6.45, 7) is 5.36. The van der Waals surface area contributed by atoms with Crippen molar-refractivity contribution in [3.8, 4) is 5.75 Å². The van der Waals surface area contributed by atoms with Gasteiger partial charge in [-0.15, -0.1) is 11.3 Å². The highest BCUT2D eigenvalue weighted by Crippen LogP contribution is 2.31. The smallest absolute Gasteiger partial charge is 0.165 e. The number of fused-ring (bicyclic) bond motifs is 1. The number of nitrogens with zero attached hydrogens (tertiary/aromatic N) is 3. The van der Waals surface area contributed by atoms with Crippen LogP contribution in [0.25, 0.3) is 11.0 Å². The molecule has 3 aromatic rings. The zero-order valence-corrected chi connectivity index (χ0v) is 16.9. The number of aromatic nitrogens is 3. The minimum atomic E-state index is 0.0828. The second-order valence-corrected chi connectivity index (χ2v) is 8.16. The SMILES string of the molecule is Cc1nc(N[C@H](C)c2cc(Br)cs2)c2cc(O[C@H]3CCOC3)cnc2n1. The maximum atomic E-state index is 5.99. The van der Waals surface area contributed by atoms with Crippen LogP contribution in [0.4, 0.5) is 5.82 Å².